The Labute approximate surface area is 117 Å². The molecule has 0 radical (unpaired) electrons. The van der Waals surface area contributed by atoms with E-state index in [1.807, 2.05) is 18.2 Å². The quantitative estimate of drug-likeness (QED) is 0.882. The van der Waals surface area contributed by atoms with E-state index in [-0.39, 0.29) is 6.61 Å². The van der Waals surface area contributed by atoms with Gasteiger partial charge < -0.3 is 14.9 Å². The van der Waals surface area contributed by atoms with Gasteiger partial charge in [0.15, 0.2) is 0 Å². The van der Waals surface area contributed by atoms with Crippen LogP contribution in [0, 0.1) is 5.82 Å². The molecule has 2 aromatic carbocycles. The lowest BCUT2D eigenvalue weighted by Gasteiger charge is -2.16. The van der Waals surface area contributed by atoms with Gasteiger partial charge in [0, 0.05) is 5.56 Å². The van der Waals surface area contributed by atoms with E-state index < -0.39 is 18.0 Å². The van der Waals surface area contributed by atoms with Gasteiger partial charge in [0.25, 0.3) is 0 Å². The molecule has 0 spiro atoms. The SMILES string of the molecule is C[C@H](O)c1cc(F)ccc1OCC(O)c1ccccc1. The molecule has 0 aliphatic heterocycles. The second-order valence-electron chi connectivity index (χ2n) is 4.60. The lowest BCUT2D eigenvalue weighted by Crippen LogP contribution is -2.11. The third-order valence-electron chi connectivity index (χ3n) is 3.00. The molecule has 0 saturated heterocycles. The van der Waals surface area contributed by atoms with Crippen molar-refractivity contribution in [2.75, 3.05) is 6.61 Å². The van der Waals surface area contributed by atoms with Crippen molar-refractivity contribution >= 4 is 0 Å². The highest BCUT2D eigenvalue weighted by molar-refractivity contribution is 5.35. The minimum Gasteiger partial charge on any atom is -0.490 e. The van der Waals surface area contributed by atoms with E-state index in [1.165, 1.54) is 25.1 Å². The molecule has 20 heavy (non-hydrogen) atoms. The molecule has 0 aliphatic carbocycles. The second kappa shape index (κ2) is 6.50. The number of hydrogen-bond donors (Lipinski definition) is 2. The van der Waals surface area contributed by atoms with Crippen molar-refractivity contribution in [2.24, 2.45) is 0 Å². The van der Waals surface area contributed by atoms with Crippen LogP contribution >= 0.6 is 0 Å². The highest BCUT2D eigenvalue weighted by atomic mass is 19.1. The smallest absolute Gasteiger partial charge is 0.125 e. The number of aliphatic hydroxyl groups excluding tert-OH is 2. The summed E-state index contributed by atoms with van der Waals surface area (Å²) in [7, 11) is 0. The fraction of sp³-hybridized carbons (Fsp3) is 0.250. The van der Waals surface area contributed by atoms with Gasteiger partial charge in [-0.3, -0.25) is 0 Å². The lowest BCUT2D eigenvalue weighted by molar-refractivity contribution is 0.104. The maximum atomic E-state index is 13.2. The third kappa shape index (κ3) is 3.56. The van der Waals surface area contributed by atoms with Gasteiger partial charge in [-0.25, -0.2) is 4.39 Å². The lowest BCUT2D eigenvalue weighted by atomic mass is 10.1. The van der Waals surface area contributed by atoms with Crippen LogP contribution in [0.4, 0.5) is 4.39 Å². The van der Waals surface area contributed by atoms with Gasteiger partial charge in [-0.2, -0.15) is 0 Å². The zero-order valence-electron chi connectivity index (χ0n) is 11.2. The van der Waals surface area contributed by atoms with Crippen LogP contribution in [0.1, 0.15) is 30.3 Å². The van der Waals surface area contributed by atoms with Crippen LogP contribution in [-0.2, 0) is 0 Å². The van der Waals surface area contributed by atoms with Gasteiger partial charge in [-0.05, 0) is 30.7 Å². The van der Waals surface area contributed by atoms with E-state index in [0.29, 0.717) is 11.3 Å². The van der Waals surface area contributed by atoms with E-state index in [0.717, 1.165) is 5.56 Å². The summed E-state index contributed by atoms with van der Waals surface area (Å²) in [6, 6.07) is 13.1. The summed E-state index contributed by atoms with van der Waals surface area (Å²) in [4.78, 5) is 0. The van der Waals surface area contributed by atoms with Crippen molar-refractivity contribution in [1.29, 1.82) is 0 Å². The number of ether oxygens (including phenoxy) is 1. The van der Waals surface area contributed by atoms with Crippen LogP contribution in [0.5, 0.6) is 5.75 Å². The maximum Gasteiger partial charge on any atom is 0.125 e. The summed E-state index contributed by atoms with van der Waals surface area (Å²) in [5.74, 6) is -0.0618. The molecule has 106 valence electrons. The topological polar surface area (TPSA) is 49.7 Å². The molecular formula is C16H17FO3. The van der Waals surface area contributed by atoms with Crippen molar-refractivity contribution in [3.63, 3.8) is 0 Å². The van der Waals surface area contributed by atoms with Crippen molar-refractivity contribution in [3.8, 4) is 5.75 Å². The van der Waals surface area contributed by atoms with E-state index >= 15 is 0 Å². The van der Waals surface area contributed by atoms with Crippen LogP contribution in [0.2, 0.25) is 0 Å². The van der Waals surface area contributed by atoms with E-state index in [1.54, 1.807) is 12.1 Å². The molecule has 0 heterocycles. The summed E-state index contributed by atoms with van der Waals surface area (Å²) in [5, 5.41) is 19.6. The monoisotopic (exact) mass is 276 g/mol. The van der Waals surface area contributed by atoms with Crippen LogP contribution in [0.25, 0.3) is 0 Å². The molecule has 4 heteroatoms. The second-order valence-corrected chi connectivity index (χ2v) is 4.60. The molecule has 0 bridgehead atoms. The first kappa shape index (κ1) is 14.5. The molecule has 2 aromatic rings. The Morgan fingerprint density at radius 3 is 2.45 bits per heavy atom. The number of benzene rings is 2. The largest absolute Gasteiger partial charge is 0.490 e. The maximum absolute atomic E-state index is 13.2. The van der Waals surface area contributed by atoms with Crippen LogP contribution in [0.15, 0.2) is 48.5 Å². The minimum atomic E-state index is -0.838. The average Bonchev–Trinajstić information content (AvgIpc) is 2.46. The molecule has 1 unspecified atom stereocenters. The van der Waals surface area contributed by atoms with Crippen LogP contribution in [-0.4, -0.2) is 16.8 Å². The molecular weight excluding hydrogens is 259 g/mol. The fourth-order valence-corrected chi connectivity index (χ4v) is 1.92. The number of rotatable bonds is 5. The molecule has 0 aliphatic rings. The fourth-order valence-electron chi connectivity index (χ4n) is 1.92. The van der Waals surface area contributed by atoms with Gasteiger partial charge in [0.2, 0.25) is 0 Å². The standard InChI is InChI=1S/C16H17FO3/c1-11(18)14-9-13(17)7-8-16(14)20-10-15(19)12-5-3-2-4-6-12/h2-9,11,15,18-19H,10H2,1H3/t11-,15?/m0/s1. The first-order chi connectivity index (χ1) is 9.58. The Morgan fingerprint density at radius 2 is 1.80 bits per heavy atom. The molecule has 2 rings (SSSR count). The molecule has 0 amide bonds. The van der Waals surface area contributed by atoms with Crippen LogP contribution < -0.4 is 4.74 Å². The van der Waals surface area contributed by atoms with Gasteiger partial charge in [-0.1, -0.05) is 30.3 Å². The first-order valence-corrected chi connectivity index (χ1v) is 6.41. The van der Waals surface area contributed by atoms with Gasteiger partial charge in [0.05, 0.1) is 6.10 Å². The van der Waals surface area contributed by atoms with Crippen molar-refractivity contribution in [2.45, 2.75) is 19.1 Å². The van der Waals surface area contributed by atoms with E-state index in [2.05, 4.69) is 0 Å². The summed E-state index contributed by atoms with van der Waals surface area (Å²) in [5.41, 5.74) is 1.11. The molecule has 0 saturated carbocycles. The Kier molecular flexibility index (Phi) is 4.71. The minimum absolute atomic E-state index is 0.0371. The number of halogens is 1. The van der Waals surface area contributed by atoms with Gasteiger partial charge in [-0.15, -0.1) is 0 Å². The average molecular weight is 276 g/mol. The highest BCUT2D eigenvalue weighted by Gasteiger charge is 2.13. The predicted octanol–water partition coefficient (Wildman–Crippen LogP) is 2.99. The summed E-state index contributed by atoms with van der Waals surface area (Å²) in [6.45, 7) is 1.57. The van der Waals surface area contributed by atoms with Crippen LogP contribution in [0.3, 0.4) is 0 Å². The third-order valence-corrected chi connectivity index (χ3v) is 3.00. The van der Waals surface area contributed by atoms with Crippen molar-refractivity contribution < 1.29 is 19.3 Å². The van der Waals surface area contributed by atoms with Gasteiger partial charge in [0.1, 0.15) is 24.3 Å². The molecule has 0 aromatic heterocycles. The Hall–Kier alpha value is -1.91. The summed E-state index contributed by atoms with van der Waals surface area (Å²) >= 11 is 0. The predicted molar refractivity (Wildman–Crippen MR) is 73.9 cm³/mol. The summed E-state index contributed by atoms with van der Waals surface area (Å²) in [6.07, 6.45) is -1.61. The highest BCUT2D eigenvalue weighted by Crippen LogP contribution is 2.27. The Morgan fingerprint density at radius 1 is 1.10 bits per heavy atom. The normalized spacial score (nSPS) is 13.8. The summed E-state index contributed by atoms with van der Waals surface area (Å²) < 4.78 is 18.6. The molecule has 3 nitrogen and oxygen atoms in total. The molecule has 0 fully saturated rings. The molecule has 2 atom stereocenters. The zero-order valence-corrected chi connectivity index (χ0v) is 11.2. The van der Waals surface area contributed by atoms with Crippen molar-refractivity contribution in [1.82, 2.24) is 0 Å². The van der Waals surface area contributed by atoms with Gasteiger partial charge >= 0.3 is 0 Å². The van der Waals surface area contributed by atoms with E-state index in [9.17, 15) is 14.6 Å². The number of aliphatic hydroxyl groups is 2. The first-order valence-electron chi connectivity index (χ1n) is 6.41. The van der Waals surface area contributed by atoms with E-state index in [4.69, 9.17) is 4.74 Å². The zero-order chi connectivity index (χ0) is 14.5. The Bertz CT molecular complexity index is 555. The molecule has 2 N–H and O–H groups in total. The van der Waals surface area contributed by atoms with Crippen molar-refractivity contribution in [3.05, 3.63) is 65.5 Å². The number of hydrogen-bond acceptors (Lipinski definition) is 3. The Balaban J connectivity index is 2.08.